The number of allylic oxidation sites excluding steroid dienone is 5. The van der Waals surface area contributed by atoms with Crippen LogP contribution in [0.3, 0.4) is 0 Å². The maximum atomic E-state index is 14.0. The summed E-state index contributed by atoms with van der Waals surface area (Å²) < 4.78 is 16.8. The number of hydrogen-bond donors (Lipinski definition) is 0. The molecule has 33 heavy (non-hydrogen) atoms. The largest absolute Gasteiger partial charge is 0.493 e. The van der Waals surface area contributed by atoms with Crippen LogP contribution in [0, 0.1) is 34.5 Å². The van der Waals surface area contributed by atoms with Crippen LogP contribution in [0.4, 0.5) is 0 Å². The van der Waals surface area contributed by atoms with Crippen LogP contribution >= 0.6 is 0 Å². The second kappa shape index (κ2) is 7.67. The van der Waals surface area contributed by atoms with E-state index < -0.39 is 28.8 Å². The first kappa shape index (κ1) is 23.5. The third kappa shape index (κ3) is 3.15. The zero-order chi connectivity index (χ0) is 24.5. The molecule has 7 nitrogen and oxygen atoms in total. The van der Waals surface area contributed by atoms with Crippen molar-refractivity contribution in [3.8, 4) is 0 Å². The average Bonchev–Trinajstić information content (AvgIpc) is 2.70. The van der Waals surface area contributed by atoms with Crippen LogP contribution in [0.5, 0.6) is 0 Å². The number of Topliss-reactive ketones (excluding diaryl/α,β-unsaturated/α-hetero) is 2. The van der Waals surface area contributed by atoms with E-state index in [2.05, 4.69) is 0 Å². The van der Waals surface area contributed by atoms with Gasteiger partial charge in [0.2, 0.25) is 11.6 Å². The SMILES string of the molecule is COC1=C(C)[C@@H]2CC(=O)O[C@@H]3C[C@H]4[C@H](C)C=C(OC(=O)C=C(C)C)C(=O)[C@]4(C)[C@@H](C1=O)[C@@]32C. The Labute approximate surface area is 194 Å². The zero-order valence-electron chi connectivity index (χ0n) is 20.3. The fourth-order valence-corrected chi connectivity index (χ4v) is 7.10. The van der Waals surface area contributed by atoms with E-state index in [0.717, 1.165) is 11.1 Å². The molecule has 1 heterocycles. The summed E-state index contributed by atoms with van der Waals surface area (Å²) in [6.07, 6.45) is 3.12. The molecule has 4 rings (SSSR count). The summed E-state index contributed by atoms with van der Waals surface area (Å²) in [5.74, 6) is -2.79. The number of hydrogen-bond acceptors (Lipinski definition) is 7. The number of rotatable bonds is 3. The van der Waals surface area contributed by atoms with Gasteiger partial charge in [0.25, 0.3) is 0 Å². The van der Waals surface area contributed by atoms with Crippen molar-refractivity contribution in [3.63, 3.8) is 0 Å². The molecule has 0 N–H and O–H groups in total. The van der Waals surface area contributed by atoms with Crippen molar-refractivity contribution in [2.45, 2.75) is 60.5 Å². The van der Waals surface area contributed by atoms with Gasteiger partial charge in [-0.1, -0.05) is 26.3 Å². The van der Waals surface area contributed by atoms with Gasteiger partial charge < -0.3 is 14.2 Å². The van der Waals surface area contributed by atoms with Gasteiger partial charge in [0.15, 0.2) is 11.5 Å². The summed E-state index contributed by atoms with van der Waals surface area (Å²) in [7, 11) is 1.44. The van der Waals surface area contributed by atoms with Gasteiger partial charge in [-0.15, -0.1) is 0 Å². The van der Waals surface area contributed by atoms with Crippen LogP contribution in [0.15, 0.2) is 34.8 Å². The predicted molar refractivity (Wildman–Crippen MR) is 118 cm³/mol. The Morgan fingerprint density at radius 3 is 2.48 bits per heavy atom. The second-order valence-corrected chi connectivity index (χ2v) is 10.6. The van der Waals surface area contributed by atoms with E-state index >= 15 is 0 Å². The Hall–Kier alpha value is -2.70. The lowest BCUT2D eigenvalue weighted by atomic mass is 9.40. The topological polar surface area (TPSA) is 96.0 Å². The van der Waals surface area contributed by atoms with Crippen LogP contribution in [0.2, 0.25) is 0 Å². The maximum absolute atomic E-state index is 14.0. The Bertz CT molecular complexity index is 1040. The van der Waals surface area contributed by atoms with E-state index in [-0.39, 0.29) is 53.2 Å². The summed E-state index contributed by atoms with van der Waals surface area (Å²) >= 11 is 0. The number of ether oxygens (including phenoxy) is 3. The molecule has 0 amide bonds. The fraction of sp³-hybridized carbons (Fsp3) is 0.615. The molecule has 0 aromatic carbocycles. The first-order chi connectivity index (χ1) is 15.4. The van der Waals surface area contributed by atoms with Gasteiger partial charge in [0.05, 0.1) is 13.5 Å². The summed E-state index contributed by atoms with van der Waals surface area (Å²) in [6, 6.07) is 0. The lowest BCUT2D eigenvalue weighted by molar-refractivity contribution is -0.217. The first-order valence-corrected chi connectivity index (χ1v) is 11.5. The number of fused-ring (bicyclic) bond motifs is 2. The van der Waals surface area contributed by atoms with Crippen LogP contribution in [0.25, 0.3) is 0 Å². The van der Waals surface area contributed by atoms with Gasteiger partial charge in [-0.05, 0) is 50.7 Å². The Morgan fingerprint density at radius 1 is 1.21 bits per heavy atom. The molecule has 0 aromatic rings. The number of ketones is 2. The van der Waals surface area contributed by atoms with E-state index in [0.29, 0.717) is 6.42 Å². The van der Waals surface area contributed by atoms with Gasteiger partial charge in [0, 0.05) is 28.7 Å². The minimum Gasteiger partial charge on any atom is -0.493 e. The highest BCUT2D eigenvalue weighted by Crippen LogP contribution is 2.67. The molecule has 178 valence electrons. The van der Waals surface area contributed by atoms with Crippen molar-refractivity contribution >= 4 is 23.5 Å². The van der Waals surface area contributed by atoms with E-state index in [1.807, 2.05) is 27.7 Å². The molecule has 0 aromatic heterocycles. The van der Waals surface area contributed by atoms with E-state index in [1.54, 1.807) is 19.9 Å². The van der Waals surface area contributed by atoms with E-state index in [9.17, 15) is 19.2 Å². The molecule has 1 aliphatic heterocycles. The Balaban J connectivity index is 1.88. The molecule has 0 radical (unpaired) electrons. The smallest absolute Gasteiger partial charge is 0.336 e. The van der Waals surface area contributed by atoms with Crippen molar-refractivity contribution < 1.29 is 33.4 Å². The number of methoxy groups -OCH3 is 1. The van der Waals surface area contributed by atoms with Crippen LogP contribution < -0.4 is 0 Å². The summed E-state index contributed by atoms with van der Waals surface area (Å²) in [4.78, 5) is 52.7. The monoisotopic (exact) mass is 456 g/mol. The zero-order valence-corrected chi connectivity index (χ0v) is 20.3. The number of carbonyl (C=O) groups is 4. The fourth-order valence-electron chi connectivity index (χ4n) is 7.10. The van der Waals surface area contributed by atoms with Crippen molar-refractivity contribution in [2.75, 3.05) is 7.11 Å². The van der Waals surface area contributed by atoms with Gasteiger partial charge in [0.1, 0.15) is 6.10 Å². The molecule has 4 aliphatic rings. The quantitative estimate of drug-likeness (QED) is 0.472. The third-order valence-electron chi connectivity index (χ3n) is 8.50. The van der Waals surface area contributed by atoms with Gasteiger partial charge in [-0.3, -0.25) is 14.4 Å². The molecule has 0 bridgehead atoms. The lowest BCUT2D eigenvalue weighted by Crippen LogP contribution is -2.69. The highest BCUT2D eigenvalue weighted by Gasteiger charge is 2.72. The first-order valence-electron chi connectivity index (χ1n) is 11.5. The maximum Gasteiger partial charge on any atom is 0.336 e. The Morgan fingerprint density at radius 2 is 1.88 bits per heavy atom. The summed E-state index contributed by atoms with van der Waals surface area (Å²) in [6.45, 7) is 11.1. The van der Waals surface area contributed by atoms with Gasteiger partial charge in [-0.25, -0.2) is 4.79 Å². The molecule has 0 unspecified atom stereocenters. The minimum absolute atomic E-state index is 0.0202. The predicted octanol–water partition coefficient (Wildman–Crippen LogP) is 3.68. The normalized spacial score (nSPS) is 39.7. The molecule has 7 heteroatoms. The van der Waals surface area contributed by atoms with Crippen LogP contribution in [0.1, 0.15) is 54.4 Å². The van der Waals surface area contributed by atoms with Crippen molar-refractivity contribution in [2.24, 2.45) is 34.5 Å². The second-order valence-electron chi connectivity index (χ2n) is 10.6. The van der Waals surface area contributed by atoms with Crippen molar-refractivity contribution in [1.82, 2.24) is 0 Å². The third-order valence-corrected chi connectivity index (χ3v) is 8.50. The lowest BCUT2D eigenvalue weighted by Gasteiger charge is -2.64. The summed E-state index contributed by atoms with van der Waals surface area (Å²) in [5.41, 5.74) is -0.408. The van der Waals surface area contributed by atoms with E-state index in [4.69, 9.17) is 14.2 Å². The molecule has 1 saturated heterocycles. The van der Waals surface area contributed by atoms with Crippen LogP contribution in [-0.4, -0.2) is 36.7 Å². The number of esters is 2. The number of carbonyl (C=O) groups excluding carboxylic acids is 4. The molecule has 2 fully saturated rings. The molecular formula is C26H32O7. The van der Waals surface area contributed by atoms with Crippen molar-refractivity contribution in [1.29, 1.82) is 0 Å². The summed E-state index contributed by atoms with van der Waals surface area (Å²) in [5, 5.41) is 0. The molecule has 3 aliphatic carbocycles. The standard InChI is InChI=1S/C26H32O7/c1-12(2)8-19(27)32-17-9-13(3)15-10-18-25(5)16(11-20(28)33-18)14(4)22(31-7)21(29)23(25)26(15,6)24(17)30/h8-9,13,15-16,18,23H,10-11H2,1-7H3/t13-,15+,16+,18-,23+,25-,26+/m1/s1. The van der Waals surface area contributed by atoms with Crippen LogP contribution in [-0.2, 0) is 33.4 Å². The molecular weight excluding hydrogens is 424 g/mol. The average molecular weight is 457 g/mol. The van der Waals surface area contributed by atoms with E-state index in [1.165, 1.54) is 13.2 Å². The minimum atomic E-state index is -1.14. The van der Waals surface area contributed by atoms with Gasteiger partial charge >= 0.3 is 11.9 Å². The molecule has 1 saturated carbocycles. The Kier molecular flexibility index (Phi) is 5.45. The highest BCUT2D eigenvalue weighted by atomic mass is 16.5. The van der Waals surface area contributed by atoms with Gasteiger partial charge in [-0.2, -0.15) is 0 Å². The molecule has 7 atom stereocenters. The molecule has 0 spiro atoms. The highest BCUT2D eigenvalue weighted by molar-refractivity contribution is 6.08. The van der Waals surface area contributed by atoms with Crippen molar-refractivity contribution in [3.05, 3.63) is 34.8 Å².